The summed E-state index contributed by atoms with van der Waals surface area (Å²) in [5.74, 6) is -0.178. The fourth-order valence-corrected chi connectivity index (χ4v) is 3.44. The molecule has 22 heavy (non-hydrogen) atoms. The second kappa shape index (κ2) is 7.03. The Morgan fingerprint density at radius 1 is 1.18 bits per heavy atom. The number of benzene rings is 1. The van der Waals surface area contributed by atoms with Crippen molar-refractivity contribution in [1.29, 1.82) is 0 Å². The van der Waals surface area contributed by atoms with E-state index in [1.807, 2.05) is 47.5 Å². The highest BCUT2D eigenvalue weighted by Gasteiger charge is 2.11. The Bertz CT molecular complexity index is 693. The standard InChI is InChI=1S/C17H21N3OS/c1-19-11-12-22-17(19)18-16(21)15-7-5-14(6-8-15)13-20-9-3-2-4-10-20/h5-8,11-12H,2-4,9-10,13H2,1H3. The zero-order chi connectivity index (χ0) is 15.4. The van der Waals surface area contributed by atoms with E-state index in [0.29, 0.717) is 5.56 Å². The average Bonchev–Trinajstić information content (AvgIpc) is 2.94. The molecule has 0 spiro atoms. The van der Waals surface area contributed by atoms with Gasteiger partial charge in [0.2, 0.25) is 0 Å². The predicted octanol–water partition coefficient (Wildman–Crippen LogP) is 2.81. The lowest BCUT2D eigenvalue weighted by Crippen LogP contribution is -2.29. The molecule has 0 unspecified atom stereocenters. The van der Waals surface area contributed by atoms with Crippen LogP contribution in [0.2, 0.25) is 0 Å². The van der Waals surface area contributed by atoms with Crippen molar-refractivity contribution in [3.63, 3.8) is 0 Å². The fraction of sp³-hybridized carbons (Fsp3) is 0.412. The molecule has 1 aromatic heterocycles. The third-order valence-electron chi connectivity index (χ3n) is 4.01. The maximum Gasteiger partial charge on any atom is 0.279 e. The van der Waals surface area contributed by atoms with Gasteiger partial charge in [0.05, 0.1) is 0 Å². The second-order valence-corrected chi connectivity index (χ2v) is 6.62. The minimum atomic E-state index is -0.178. The van der Waals surface area contributed by atoms with E-state index in [4.69, 9.17) is 0 Å². The highest BCUT2D eigenvalue weighted by atomic mass is 32.1. The normalized spacial score (nSPS) is 16.9. The van der Waals surface area contributed by atoms with Crippen LogP contribution in [0.25, 0.3) is 0 Å². The van der Waals surface area contributed by atoms with Crippen molar-refractivity contribution in [1.82, 2.24) is 9.47 Å². The van der Waals surface area contributed by atoms with Crippen molar-refractivity contribution in [2.45, 2.75) is 25.8 Å². The molecular formula is C17H21N3OS. The zero-order valence-corrected chi connectivity index (χ0v) is 13.7. The first-order valence-electron chi connectivity index (χ1n) is 7.73. The van der Waals surface area contributed by atoms with E-state index in [9.17, 15) is 4.79 Å². The predicted molar refractivity (Wildman–Crippen MR) is 88.8 cm³/mol. The van der Waals surface area contributed by atoms with Gasteiger partial charge in [-0.2, -0.15) is 4.99 Å². The summed E-state index contributed by atoms with van der Waals surface area (Å²) in [5.41, 5.74) is 1.91. The van der Waals surface area contributed by atoms with E-state index in [0.717, 1.165) is 11.3 Å². The van der Waals surface area contributed by atoms with E-state index in [-0.39, 0.29) is 5.91 Å². The Morgan fingerprint density at radius 2 is 1.91 bits per heavy atom. The molecule has 2 aromatic rings. The van der Waals surface area contributed by atoms with Gasteiger partial charge in [0, 0.05) is 30.7 Å². The Kier molecular flexibility index (Phi) is 4.85. The molecule has 1 aromatic carbocycles. The first kappa shape index (κ1) is 15.2. The van der Waals surface area contributed by atoms with Crippen LogP contribution in [0.4, 0.5) is 0 Å². The van der Waals surface area contributed by atoms with Gasteiger partial charge in [-0.1, -0.05) is 18.6 Å². The van der Waals surface area contributed by atoms with Crippen LogP contribution in [0.15, 0.2) is 40.8 Å². The van der Waals surface area contributed by atoms with Gasteiger partial charge in [-0.3, -0.25) is 9.69 Å². The molecule has 4 nitrogen and oxygen atoms in total. The monoisotopic (exact) mass is 315 g/mol. The number of rotatable bonds is 3. The molecule has 3 rings (SSSR count). The van der Waals surface area contributed by atoms with E-state index in [1.165, 1.54) is 49.3 Å². The number of piperidine rings is 1. The molecule has 0 aliphatic carbocycles. The Balaban J connectivity index is 1.68. The third kappa shape index (κ3) is 3.72. The summed E-state index contributed by atoms with van der Waals surface area (Å²) in [6.07, 6.45) is 5.85. The molecule has 2 heterocycles. The van der Waals surface area contributed by atoms with Crippen LogP contribution < -0.4 is 4.80 Å². The number of carbonyl (C=O) groups excluding carboxylic acids is 1. The number of amides is 1. The van der Waals surface area contributed by atoms with Crippen molar-refractivity contribution in [2.24, 2.45) is 12.0 Å². The molecular weight excluding hydrogens is 294 g/mol. The lowest BCUT2D eigenvalue weighted by atomic mass is 10.1. The fourth-order valence-electron chi connectivity index (χ4n) is 2.71. The van der Waals surface area contributed by atoms with Crippen LogP contribution in [0.1, 0.15) is 35.2 Å². The van der Waals surface area contributed by atoms with Crippen molar-refractivity contribution in [3.8, 4) is 0 Å². The number of carbonyl (C=O) groups is 1. The summed E-state index contributed by atoms with van der Waals surface area (Å²) in [7, 11) is 1.89. The van der Waals surface area contributed by atoms with Crippen molar-refractivity contribution < 1.29 is 4.79 Å². The summed E-state index contributed by atoms with van der Waals surface area (Å²) < 4.78 is 1.85. The average molecular weight is 315 g/mol. The molecule has 5 heteroatoms. The van der Waals surface area contributed by atoms with Gasteiger partial charge in [0.15, 0.2) is 4.80 Å². The molecule has 0 saturated carbocycles. The Morgan fingerprint density at radius 3 is 2.55 bits per heavy atom. The van der Waals surface area contributed by atoms with Crippen molar-refractivity contribution in [2.75, 3.05) is 13.1 Å². The molecule has 1 aliphatic rings. The van der Waals surface area contributed by atoms with Crippen LogP contribution in [-0.2, 0) is 13.6 Å². The molecule has 1 fully saturated rings. The lowest BCUT2D eigenvalue weighted by molar-refractivity contribution is 0.0998. The Labute approximate surface area is 134 Å². The summed E-state index contributed by atoms with van der Waals surface area (Å²) in [4.78, 5) is 19.6. The molecule has 0 radical (unpaired) electrons. The lowest BCUT2D eigenvalue weighted by Gasteiger charge is -2.26. The topological polar surface area (TPSA) is 37.6 Å². The zero-order valence-electron chi connectivity index (χ0n) is 12.9. The molecule has 1 amide bonds. The van der Waals surface area contributed by atoms with Crippen LogP contribution in [0.5, 0.6) is 0 Å². The summed E-state index contributed by atoms with van der Waals surface area (Å²) in [6.45, 7) is 3.35. The highest BCUT2D eigenvalue weighted by Crippen LogP contribution is 2.14. The number of hydrogen-bond donors (Lipinski definition) is 0. The number of hydrogen-bond acceptors (Lipinski definition) is 3. The number of likely N-dealkylation sites (tertiary alicyclic amines) is 1. The Hall–Kier alpha value is -1.72. The van der Waals surface area contributed by atoms with Crippen LogP contribution in [0, 0.1) is 0 Å². The first-order valence-corrected chi connectivity index (χ1v) is 8.61. The van der Waals surface area contributed by atoms with Gasteiger partial charge in [0.1, 0.15) is 0 Å². The molecule has 1 aliphatic heterocycles. The van der Waals surface area contributed by atoms with E-state index < -0.39 is 0 Å². The van der Waals surface area contributed by atoms with Crippen molar-refractivity contribution >= 4 is 17.2 Å². The number of aryl methyl sites for hydroxylation is 1. The molecule has 0 N–H and O–H groups in total. The summed E-state index contributed by atoms with van der Waals surface area (Å²) in [5, 5.41) is 1.92. The number of thiazole rings is 1. The SMILES string of the molecule is Cn1ccsc1=NC(=O)c1ccc(CN2CCCCC2)cc1. The summed E-state index contributed by atoms with van der Waals surface area (Å²) in [6, 6.07) is 7.87. The molecule has 116 valence electrons. The van der Waals surface area contributed by atoms with Gasteiger partial charge in [-0.25, -0.2) is 0 Å². The van der Waals surface area contributed by atoms with Gasteiger partial charge in [-0.15, -0.1) is 11.3 Å². The van der Waals surface area contributed by atoms with Gasteiger partial charge >= 0.3 is 0 Å². The largest absolute Gasteiger partial charge is 0.327 e. The summed E-state index contributed by atoms with van der Waals surface area (Å²) >= 11 is 1.47. The van der Waals surface area contributed by atoms with E-state index in [1.54, 1.807) is 0 Å². The molecule has 1 saturated heterocycles. The molecule has 0 atom stereocenters. The second-order valence-electron chi connectivity index (χ2n) is 5.75. The minimum absolute atomic E-state index is 0.178. The molecule has 0 bridgehead atoms. The van der Waals surface area contributed by atoms with Crippen LogP contribution in [0.3, 0.4) is 0 Å². The number of aromatic nitrogens is 1. The highest BCUT2D eigenvalue weighted by molar-refractivity contribution is 7.07. The van der Waals surface area contributed by atoms with Crippen LogP contribution in [-0.4, -0.2) is 28.5 Å². The van der Waals surface area contributed by atoms with E-state index >= 15 is 0 Å². The van der Waals surface area contributed by atoms with Gasteiger partial charge in [-0.05, 0) is 43.6 Å². The van der Waals surface area contributed by atoms with E-state index in [2.05, 4.69) is 9.89 Å². The van der Waals surface area contributed by atoms with Gasteiger partial charge in [0.25, 0.3) is 5.91 Å². The third-order valence-corrected chi connectivity index (χ3v) is 4.86. The van der Waals surface area contributed by atoms with Crippen molar-refractivity contribution in [3.05, 3.63) is 51.8 Å². The first-order chi connectivity index (χ1) is 10.7. The maximum atomic E-state index is 12.2. The minimum Gasteiger partial charge on any atom is -0.327 e. The van der Waals surface area contributed by atoms with Gasteiger partial charge < -0.3 is 4.57 Å². The van der Waals surface area contributed by atoms with Crippen LogP contribution >= 0.6 is 11.3 Å². The number of nitrogens with zero attached hydrogens (tertiary/aromatic N) is 3. The maximum absolute atomic E-state index is 12.2. The smallest absolute Gasteiger partial charge is 0.279 e. The quantitative estimate of drug-likeness (QED) is 0.873.